The van der Waals surface area contributed by atoms with Crippen LogP contribution in [-0.4, -0.2) is 12.5 Å². The number of carbonyl (C=O) groups is 1. The fourth-order valence-electron chi connectivity index (χ4n) is 1.91. The lowest BCUT2D eigenvalue weighted by Crippen LogP contribution is -2.24. The van der Waals surface area contributed by atoms with Gasteiger partial charge in [-0.15, -0.1) is 0 Å². The Morgan fingerprint density at radius 3 is 2.60 bits per heavy atom. The summed E-state index contributed by atoms with van der Waals surface area (Å²) in [5.41, 5.74) is 7.88. The molecule has 0 saturated heterocycles. The average molecular weight is 272 g/mol. The van der Waals surface area contributed by atoms with Crippen LogP contribution in [-0.2, 0) is 6.42 Å². The van der Waals surface area contributed by atoms with Crippen molar-refractivity contribution < 1.29 is 9.18 Å². The summed E-state index contributed by atoms with van der Waals surface area (Å²) in [6, 6.07) is 13.3. The molecule has 0 unspecified atom stereocenters. The maximum absolute atomic E-state index is 13.0. The lowest BCUT2D eigenvalue weighted by atomic mass is 10.1. The molecule has 3 nitrogen and oxygen atoms in total. The van der Waals surface area contributed by atoms with Crippen LogP contribution in [0, 0.1) is 5.82 Å². The van der Waals surface area contributed by atoms with Crippen molar-refractivity contribution in [1.29, 1.82) is 0 Å². The van der Waals surface area contributed by atoms with E-state index >= 15 is 0 Å². The SMILES string of the molecule is Nc1ccc(CCCNC(=O)c2cccc(F)c2)cc1. The molecule has 0 aliphatic carbocycles. The van der Waals surface area contributed by atoms with Gasteiger partial charge in [-0.2, -0.15) is 0 Å². The number of rotatable bonds is 5. The van der Waals surface area contributed by atoms with Gasteiger partial charge >= 0.3 is 0 Å². The third-order valence-electron chi connectivity index (χ3n) is 2.99. The van der Waals surface area contributed by atoms with Crippen molar-refractivity contribution in [2.24, 2.45) is 0 Å². The van der Waals surface area contributed by atoms with Gasteiger partial charge in [0, 0.05) is 17.8 Å². The number of amides is 1. The van der Waals surface area contributed by atoms with Gasteiger partial charge in [-0.05, 0) is 48.7 Å². The Bertz CT molecular complexity index is 581. The quantitative estimate of drug-likeness (QED) is 0.649. The molecule has 3 N–H and O–H groups in total. The van der Waals surface area contributed by atoms with E-state index in [1.54, 1.807) is 6.07 Å². The first-order valence-corrected chi connectivity index (χ1v) is 6.53. The van der Waals surface area contributed by atoms with E-state index in [1.165, 1.54) is 23.8 Å². The van der Waals surface area contributed by atoms with Gasteiger partial charge in [0.2, 0.25) is 0 Å². The smallest absolute Gasteiger partial charge is 0.251 e. The number of nitrogens with one attached hydrogen (secondary N) is 1. The minimum atomic E-state index is -0.403. The van der Waals surface area contributed by atoms with Crippen LogP contribution in [0.3, 0.4) is 0 Å². The molecule has 0 aliphatic rings. The number of nitrogens with two attached hydrogens (primary N) is 1. The highest BCUT2D eigenvalue weighted by Crippen LogP contribution is 2.07. The van der Waals surface area contributed by atoms with Crippen LogP contribution < -0.4 is 11.1 Å². The monoisotopic (exact) mass is 272 g/mol. The summed E-state index contributed by atoms with van der Waals surface area (Å²) in [4.78, 5) is 11.8. The van der Waals surface area contributed by atoms with E-state index < -0.39 is 5.82 Å². The standard InChI is InChI=1S/C16H17FN2O/c17-14-5-1-4-13(11-14)16(20)19-10-2-3-12-6-8-15(18)9-7-12/h1,4-9,11H,2-3,10,18H2,(H,19,20). The van der Waals surface area contributed by atoms with E-state index in [9.17, 15) is 9.18 Å². The van der Waals surface area contributed by atoms with E-state index in [0.717, 1.165) is 18.5 Å². The molecule has 2 rings (SSSR count). The van der Waals surface area contributed by atoms with Gasteiger partial charge in [0.05, 0.1) is 0 Å². The number of nitrogen functional groups attached to an aromatic ring is 1. The van der Waals surface area contributed by atoms with E-state index in [4.69, 9.17) is 5.73 Å². The molecule has 0 aromatic heterocycles. The summed E-state index contributed by atoms with van der Waals surface area (Å²) < 4.78 is 13.0. The Balaban J connectivity index is 1.76. The molecular weight excluding hydrogens is 255 g/mol. The molecule has 0 fully saturated rings. The van der Waals surface area contributed by atoms with Gasteiger partial charge in [-0.1, -0.05) is 18.2 Å². The van der Waals surface area contributed by atoms with Crippen LogP contribution in [0.1, 0.15) is 22.3 Å². The highest BCUT2D eigenvalue weighted by molar-refractivity contribution is 5.94. The van der Waals surface area contributed by atoms with Crippen molar-refractivity contribution in [3.63, 3.8) is 0 Å². The summed E-state index contributed by atoms with van der Waals surface area (Å²) >= 11 is 0. The van der Waals surface area contributed by atoms with Gasteiger partial charge < -0.3 is 11.1 Å². The third kappa shape index (κ3) is 4.09. The Kier molecular flexibility index (Phi) is 4.71. The summed E-state index contributed by atoms with van der Waals surface area (Å²) in [6.45, 7) is 0.555. The molecule has 2 aromatic rings. The number of carbonyl (C=O) groups excluding carboxylic acids is 1. The Hall–Kier alpha value is -2.36. The molecule has 0 bridgehead atoms. The molecule has 4 heteroatoms. The second-order valence-electron chi connectivity index (χ2n) is 4.61. The highest BCUT2D eigenvalue weighted by Gasteiger charge is 2.05. The molecule has 0 spiro atoms. The molecule has 0 saturated carbocycles. The first kappa shape index (κ1) is 14.1. The minimum absolute atomic E-state index is 0.248. The van der Waals surface area contributed by atoms with Crippen LogP contribution >= 0.6 is 0 Å². The molecule has 1 amide bonds. The lowest BCUT2D eigenvalue weighted by molar-refractivity contribution is 0.0953. The minimum Gasteiger partial charge on any atom is -0.399 e. The second-order valence-corrected chi connectivity index (χ2v) is 4.61. The van der Waals surface area contributed by atoms with Crippen LogP contribution in [0.4, 0.5) is 10.1 Å². The normalized spacial score (nSPS) is 10.2. The molecule has 0 heterocycles. The highest BCUT2D eigenvalue weighted by atomic mass is 19.1. The first-order valence-electron chi connectivity index (χ1n) is 6.53. The number of anilines is 1. The Morgan fingerprint density at radius 1 is 1.15 bits per heavy atom. The fourth-order valence-corrected chi connectivity index (χ4v) is 1.91. The third-order valence-corrected chi connectivity index (χ3v) is 2.99. The van der Waals surface area contributed by atoms with Crippen LogP contribution in [0.5, 0.6) is 0 Å². The molecule has 104 valence electrons. The summed E-state index contributed by atoms with van der Waals surface area (Å²) in [6.07, 6.45) is 1.69. The zero-order valence-electron chi connectivity index (χ0n) is 11.1. The van der Waals surface area contributed by atoms with Gasteiger partial charge in [-0.3, -0.25) is 4.79 Å². The van der Waals surface area contributed by atoms with E-state index in [-0.39, 0.29) is 5.91 Å². The second kappa shape index (κ2) is 6.70. The van der Waals surface area contributed by atoms with Gasteiger partial charge in [-0.25, -0.2) is 4.39 Å². The fraction of sp³-hybridized carbons (Fsp3) is 0.188. The molecule has 0 radical (unpaired) electrons. The zero-order valence-corrected chi connectivity index (χ0v) is 11.1. The topological polar surface area (TPSA) is 55.1 Å². The van der Waals surface area contributed by atoms with Crippen molar-refractivity contribution in [1.82, 2.24) is 5.32 Å². The summed E-state index contributed by atoms with van der Waals surface area (Å²) in [5.74, 6) is -0.652. The number of benzene rings is 2. The number of hydrogen-bond acceptors (Lipinski definition) is 2. The van der Waals surface area contributed by atoms with Gasteiger partial charge in [0.25, 0.3) is 5.91 Å². The maximum Gasteiger partial charge on any atom is 0.251 e. The molecular formula is C16H17FN2O. The van der Waals surface area contributed by atoms with Gasteiger partial charge in [0.1, 0.15) is 5.82 Å². The van der Waals surface area contributed by atoms with Crippen LogP contribution in [0.2, 0.25) is 0 Å². The van der Waals surface area contributed by atoms with Crippen molar-refractivity contribution in [2.75, 3.05) is 12.3 Å². The summed E-state index contributed by atoms with van der Waals surface area (Å²) in [7, 11) is 0. The van der Waals surface area contributed by atoms with Gasteiger partial charge in [0.15, 0.2) is 0 Å². The van der Waals surface area contributed by atoms with E-state index in [0.29, 0.717) is 12.1 Å². The molecule has 20 heavy (non-hydrogen) atoms. The first-order chi connectivity index (χ1) is 9.65. The largest absolute Gasteiger partial charge is 0.399 e. The Morgan fingerprint density at radius 2 is 1.90 bits per heavy atom. The van der Waals surface area contributed by atoms with Crippen molar-refractivity contribution in [2.45, 2.75) is 12.8 Å². The number of hydrogen-bond donors (Lipinski definition) is 2. The van der Waals surface area contributed by atoms with E-state index in [1.807, 2.05) is 24.3 Å². The van der Waals surface area contributed by atoms with Crippen molar-refractivity contribution >= 4 is 11.6 Å². The average Bonchev–Trinajstić information content (AvgIpc) is 2.45. The zero-order chi connectivity index (χ0) is 14.4. The predicted molar refractivity (Wildman–Crippen MR) is 77.9 cm³/mol. The molecule has 0 aliphatic heterocycles. The number of halogens is 1. The van der Waals surface area contributed by atoms with Crippen LogP contribution in [0.25, 0.3) is 0 Å². The van der Waals surface area contributed by atoms with E-state index in [2.05, 4.69) is 5.32 Å². The number of aryl methyl sites for hydroxylation is 1. The molecule has 0 atom stereocenters. The predicted octanol–water partition coefficient (Wildman–Crippen LogP) is 2.77. The van der Waals surface area contributed by atoms with Crippen LogP contribution in [0.15, 0.2) is 48.5 Å². The Labute approximate surface area is 117 Å². The maximum atomic E-state index is 13.0. The summed E-state index contributed by atoms with van der Waals surface area (Å²) in [5, 5.41) is 2.78. The molecule has 2 aromatic carbocycles. The lowest BCUT2D eigenvalue weighted by Gasteiger charge is -2.06. The van der Waals surface area contributed by atoms with Crippen molar-refractivity contribution in [3.05, 3.63) is 65.5 Å². The van der Waals surface area contributed by atoms with Crippen molar-refractivity contribution in [3.8, 4) is 0 Å².